The molecule has 0 aromatic heterocycles. The Morgan fingerprint density at radius 3 is 2.59 bits per heavy atom. The zero-order chi connectivity index (χ0) is 15.4. The number of fused-ring (bicyclic) bond motifs is 3. The van der Waals surface area contributed by atoms with Gasteiger partial charge in [-0.2, -0.15) is 0 Å². The molecule has 0 saturated carbocycles. The second-order valence-corrected chi connectivity index (χ2v) is 6.36. The molecule has 116 valence electrons. The number of benzene rings is 1. The van der Waals surface area contributed by atoms with Crippen LogP contribution >= 0.6 is 12.2 Å². The Morgan fingerprint density at radius 2 is 1.95 bits per heavy atom. The number of thiocarbonyl (C=S) groups is 1. The topological polar surface area (TPSA) is 44.4 Å². The number of amides is 1. The van der Waals surface area contributed by atoms with Gasteiger partial charge in [-0.05, 0) is 55.7 Å². The Balaban J connectivity index is 1.47. The van der Waals surface area contributed by atoms with E-state index in [-0.39, 0.29) is 5.91 Å². The molecule has 1 unspecified atom stereocenters. The zero-order valence-electron chi connectivity index (χ0n) is 12.5. The van der Waals surface area contributed by atoms with Crippen LogP contribution < -0.4 is 10.6 Å². The molecule has 4 nitrogen and oxygen atoms in total. The van der Waals surface area contributed by atoms with Gasteiger partial charge >= 0.3 is 0 Å². The molecule has 3 aliphatic heterocycles. The van der Waals surface area contributed by atoms with Gasteiger partial charge in [-0.1, -0.05) is 30.3 Å². The Bertz CT molecular complexity index is 565. The maximum absolute atomic E-state index is 11.9. The van der Waals surface area contributed by atoms with E-state index >= 15 is 0 Å². The molecule has 1 amide bonds. The predicted molar refractivity (Wildman–Crippen MR) is 92.3 cm³/mol. The van der Waals surface area contributed by atoms with Crippen molar-refractivity contribution in [2.24, 2.45) is 5.92 Å². The van der Waals surface area contributed by atoms with Crippen LogP contribution in [-0.2, 0) is 4.79 Å². The minimum Gasteiger partial charge on any atom is -0.358 e. The fourth-order valence-corrected chi connectivity index (χ4v) is 3.47. The van der Waals surface area contributed by atoms with E-state index in [1.807, 2.05) is 30.3 Å². The van der Waals surface area contributed by atoms with E-state index in [1.165, 1.54) is 32.0 Å². The molecule has 3 saturated heterocycles. The van der Waals surface area contributed by atoms with Crippen LogP contribution in [0, 0.1) is 5.92 Å². The zero-order valence-corrected chi connectivity index (χ0v) is 13.3. The maximum atomic E-state index is 11.9. The normalized spacial score (nSPS) is 26.8. The fraction of sp³-hybridized carbons (Fsp3) is 0.412. The summed E-state index contributed by atoms with van der Waals surface area (Å²) in [5, 5.41) is 6.47. The number of hydrogen-bond donors (Lipinski definition) is 2. The lowest BCUT2D eigenvalue weighted by Gasteiger charge is -2.45. The lowest BCUT2D eigenvalue weighted by atomic mass is 9.84. The minimum absolute atomic E-state index is 0.192. The van der Waals surface area contributed by atoms with Crippen LogP contribution in [0.25, 0.3) is 6.08 Å². The predicted octanol–water partition coefficient (Wildman–Crippen LogP) is 1.78. The monoisotopic (exact) mass is 315 g/mol. The van der Waals surface area contributed by atoms with Crippen molar-refractivity contribution in [1.29, 1.82) is 0 Å². The Kier molecular flexibility index (Phi) is 4.85. The lowest BCUT2D eigenvalue weighted by Crippen LogP contribution is -2.58. The van der Waals surface area contributed by atoms with Crippen LogP contribution in [0.5, 0.6) is 0 Å². The summed E-state index contributed by atoms with van der Waals surface area (Å²) >= 11 is 5.26. The minimum atomic E-state index is -0.192. The van der Waals surface area contributed by atoms with Crippen molar-refractivity contribution in [1.82, 2.24) is 15.5 Å². The van der Waals surface area contributed by atoms with Gasteiger partial charge in [-0.3, -0.25) is 10.1 Å². The molecule has 1 atom stereocenters. The second-order valence-electron chi connectivity index (χ2n) is 5.95. The average Bonchev–Trinajstić information content (AvgIpc) is 2.55. The second kappa shape index (κ2) is 7.03. The summed E-state index contributed by atoms with van der Waals surface area (Å²) in [5.74, 6) is 0.488. The molecule has 22 heavy (non-hydrogen) atoms. The number of carbonyl (C=O) groups is 1. The van der Waals surface area contributed by atoms with Gasteiger partial charge in [0.2, 0.25) is 5.91 Å². The fourth-order valence-electron chi connectivity index (χ4n) is 3.22. The van der Waals surface area contributed by atoms with E-state index in [9.17, 15) is 4.79 Å². The van der Waals surface area contributed by atoms with E-state index in [0.717, 1.165) is 12.1 Å². The molecule has 5 heteroatoms. The van der Waals surface area contributed by atoms with E-state index in [4.69, 9.17) is 12.2 Å². The van der Waals surface area contributed by atoms with E-state index in [0.29, 0.717) is 17.1 Å². The van der Waals surface area contributed by atoms with Crippen LogP contribution in [0.2, 0.25) is 0 Å². The first-order valence-electron chi connectivity index (χ1n) is 7.78. The molecule has 1 aromatic rings. The van der Waals surface area contributed by atoms with Crippen LogP contribution in [-0.4, -0.2) is 41.6 Å². The highest BCUT2D eigenvalue weighted by Gasteiger charge is 2.34. The van der Waals surface area contributed by atoms with Crippen molar-refractivity contribution < 1.29 is 4.79 Å². The van der Waals surface area contributed by atoms with E-state index < -0.39 is 0 Å². The van der Waals surface area contributed by atoms with Gasteiger partial charge in [-0.25, -0.2) is 0 Å². The smallest absolute Gasteiger partial charge is 0.250 e. The lowest BCUT2D eigenvalue weighted by molar-refractivity contribution is -0.115. The summed E-state index contributed by atoms with van der Waals surface area (Å²) in [7, 11) is 0. The molecule has 3 heterocycles. The SMILES string of the molecule is O=C(C=Cc1ccccc1)NC(=S)NC1CN2CCC1CC2. The van der Waals surface area contributed by atoms with Gasteiger partial charge in [-0.15, -0.1) is 0 Å². The summed E-state index contributed by atoms with van der Waals surface area (Å²) in [6.45, 7) is 3.42. The number of hydrogen-bond acceptors (Lipinski definition) is 3. The summed E-state index contributed by atoms with van der Waals surface area (Å²) < 4.78 is 0. The first-order valence-corrected chi connectivity index (χ1v) is 8.18. The third-order valence-electron chi connectivity index (χ3n) is 4.44. The number of rotatable bonds is 3. The van der Waals surface area contributed by atoms with E-state index in [2.05, 4.69) is 15.5 Å². The maximum Gasteiger partial charge on any atom is 0.250 e. The van der Waals surface area contributed by atoms with Gasteiger partial charge < -0.3 is 10.2 Å². The molecule has 0 radical (unpaired) electrons. The first kappa shape index (κ1) is 15.2. The quantitative estimate of drug-likeness (QED) is 0.659. The van der Waals surface area contributed by atoms with Crippen molar-refractivity contribution in [2.45, 2.75) is 18.9 Å². The summed E-state index contributed by atoms with van der Waals surface area (Å²) in [5.41, 5.74) is 0.994. The summed E-state index contributed by atoms with van der Waals surface area (Å²) in [4.78, 5) is 14.3. The summed E-state index contributed by atoms with van der Waals surface area (Å²) in [6.07, 6.45) is 5.75. The first-order chi connectivity index (χ1) is 10.7. The Morgan fingerprint density at radius 1 is 1.23 bits per heavy atom. The molecular weight excluding hydrogens is 294 g/mol. The Hall–Kier alpha value is -1.72. The average molecular weight is 315 g/mol. The van der Waals surface area contributed by atoms with Crippen molar-refractivity contribution in [3.63, 3.8) is 0 Å². The molecule has 4 rings (SSSR count). The van der Waals surface area contributed by atoms with Gasteiger partial charge in [0.05, 0.1) is 0 Å². The van der Waals surface area contributed by atoms with Crippen LogP contribution in [0.3, 0.4) is 0 Å². The standard InChI is InChI=1S/C17H21N3OS/c21-16(7-6-13-4-2-1-3-5-13)19-17(22)18-15-12-20-10-8-14(15)9-11-20/h1-7,14-15H,8-12H2,(H2,18,19,21,22). The highest BCUT2D eigenvalue weighted by Crippen LogP contribution is 2.27. The van der Waals surface area contributed by atoms with Gasteiger partial charge in [0, 0.05) is 18.7 Å². The van der Waals surface area contributed by atoms with Crippen molar-refractivity contribution in [3.05, 3.63) is 42.0 Å². The molecule has 0 aliphatic carbocycles. The molecule has 2 bridgehead atoms. The molecule has 2 N–H and O–H groups in total. The van der Waals surface area contributed by atoms with Gasteiger partial charge in [0.1, 0.15) is 0 Å². The highest BCUT2D eigenvalue weighted by atomic mass is 32.1. The molecule has 3 aliphatic rings. The third kappa shape index (κ3) is 3.93. The number of nitrogens with zero attached hydrogens (tertiary/aromatic N) is 1. The van der Waals surface area contributed by atoms with Gasteiger partial charge in [0.25, 0.3) is 0 Å². The van der Waals surface area contributed by atoms with Crippen molar-refractivity contribution in [2.75, 3.05) is 19.6 Å². The molecular formula is C17H21N3OS. The van der Waals surface area contributed by atoms with E-state index in [1.54, 1.807) is 6.08 Å². The van der Waals surface area contributed by atoms with Crippen LogP contribution in [0.15, 0.2) is 36.4 Å². The molecule has 3 fully saturated rings. The Labute approximate surface area is 136 Å². The van der Waals surface area contributed by atoms with Crippen molar-refractivity contribution >= 4 is 29.3 Å². The third-order valence-corrected chi connectivity index (χ3v) is 4.66. The number of nitrogens with one attached hydrogen (secondary N) is 2. The van der Waals surface area contributed by atoms with Crippen LogP contribution in [0.4, 0.5) is 0 Å². The van der Waals surface area contributed by atoms with Gasteiger partial charge in [0.15, 0.2) is 5.11 Å². The summed E-state index contributed by atoms with van der Waals surface area (Å²) in [6, 6.07) is 10.1. The number of piperidine rings is 3. The molecule has 0 spiro atoms. The highest BCUT2D eigenvalue weighted by molar-refractivity contribution is 7.80. The van der Waals surface area contributed by atoms with Crippen LogP contribution in [0.1, 0.15) is 18.4 Å². The largest absolute Gasteiger partial charge is 0.358 e. The molecule has 1 aromatic carbocycles. The van der Waals surface area contributed by atoms with Crippen molar-refractivity contribution in [3.8, 4) is 0 Å². The number of carbonyl (C=O) groups excluding carboxylic acids is 1.